The first-order valence-electron chi connectivity index (χ1n) is 8.35. The normalized spacial score (nSPS) is 14.6. The first-order chi connectivity index (χ1) is 12.2. The van der Waals surface area contributed by atoms with E-state index >= 15 is 0 Å². The summed E-state index contributed by atoms with van der Waals surface area (Å²) in [7, 11) is 0. The minimum absolute atomic E-state index is 0.195. The number of amides is 1. The van der Waals surface area contributed by atoms with Crippen molar-refractivity contribution in [3.8, 4) is 0 Å². The van der Waals surface area contributed by atoms with Gasteiger partial charge in [0.2, 0.25) is 5.91 Å². The number of nitrogens with one attached hydrogen (secondary N) is 1. The van der Waals surface area contributed by atoms with E-state index in [1.165, 1.54) is 11.8 Å². The van der Waals surface area contributed by atoms with E-state index in [2.05, 4.69) is 22.3 Å². The molecule has 1 N–H and O–H groups in total. The Morgan fingerprint density at radius 2 is 1.52 bits per heavy atom. The molecule has 5 heteroatoms. The molecule has 1 aliphatic rings. The monoisotopic (exact) mass is 351 g/mol. The van der Waals surface area contributed by atoms with E-state index in [0.29, 0.717) is 5.11 Å². The molecule has 0 unspecified atom stereocenters. The van der Waals surface area contributed by atoms with Crippen molar-refractivity contribution in [1.82, 2.24) is 10.2 Å². The van der Waals surface area contributed by atoms with Crippen molar-refractivity contribution in [3.63, 3.8) is 0 Å². The molecule has 0 aromatic heterocycles. The molecule has 1 fully saturated rings. The van der Waals surface area contributed by atoms with Crippen molar-refractivity contribution in [1.29, 1.82) is 0 Å². The molecule has 4 nitrogen and oxygen atoms in total. The quantitative estimate of drug-likeness (QED) is 0.681. The fourth-order valence-electron chi connectivity index (χ4n) is 2.77. The van der Waals surface area contributed by atoms with Gasteiger partial charge in [-0.25, -0.2) is 0 Å². The zero-order valence-corrected chi connectivity index (χ0v) is 14.8. The number of carbonyl (C=O) groups is 1. The smallest absolute Gasteiger partial charge is 0.250 e. The fraction of sp³-hybridized carbons (Fsp3) is 0.200. The highest BCUT2D eigenvalue weighted by molar-refractivity contribution is 7.80. The number of thiocarbonyl (C=S) groups is 1. The number of hydrogen-bond acceptors (Lipinski definition) is 3. The molecule has 1 amide bonds. The number of carbonyl (C=O) groups excluding carboxylic acids is 1. The first kappa shape index (κ1) is 17.2. The lowest BCUT2D eigenvalue weighted by atomic mass is 10.2. The van der Waals surface area contributed by atoms with Crippen LogP contribution in [-0.4, -0.2) is 42.1 Å². The molecular formula is C20H21N3OS. The van der Waals surface area contributed by atoms with Gasteiger partial charge < -0.3 is 9.80 Å². The van der Waals surface area contributed by atoms with E-state index in [9.17, 15) is 4.79 Å². The van der Waals surface area contributed by atoms with Crippen molar-refractivity contribution in [2.24, 2.45) is 0 Å². The predicted octanol–water partition coefficient (Wildman–Crippen LogP) is 2.92. The predicted molar refractivity (Wildman–Crippen MR) is 106 cm³/mol. The second-order valence-corrected chi connectivity index (χ2v) is 6.23. The zero-order chi connectivity index (χ0) is 17.5. The number of rotatable bonds is 3. The molecule has 1 aliphatic heterocycles. The fourth-order valence-corrected chi connectivity index (χ4v) is 3.05. The van der Waals surface area contributed by atoms with Gasteiger partial charge in [-0.05, 0) is 36.0 Å². The van der Waals surface area contributed by atoms with Gasteiger partial charge in [0, 0.05) is 37.9 Å². The van der Waals surface area contributed by atoms with Crippen LogP contribution in [0.25, 0.3) is 6.08 Å². The Morgan fingerprint density at radius 3 is 2.16 bits per heavy atom. The largest absolute Gasteiger partial charge is 0.368 e. The Hall–Kier alpha value is -2.66. The molecule has 0 atom stereocenters. The van der Waals surface area contributed by atoms with E-state index in [4.69, 9.17) is 12.2 Å². The van der Waals surface area contributed by atoms with Crippen LogP contribution in [0.3, 0.4) is 0 Å². The van der Waals surface area contributed by atoms with Crippen LogP contribution in [0.15, 0.2) is 66.7 Å². The maximum atomic E-state index is 12.0. The third kappa shape index (κ3) is 4.90. The Kier molecular flexibility index (Phi) is 5.80. The van der Waals surface area contributed by atoms with Crippen LogP contribution in [0.1, 0.15) is 5.56 Å². The van der Waals surface area contributed by atoms with Crippen LogP contribution in [-0.2, 0) is 4.79 Å². The summed E-state index contributed by atoms with van der Waals surface area (Å²) >= 11 is 5.38. The lowest BCUT2D eigenvalue weighted by Crippen LogP contribution is -2.52. The Labute approximate surface area is 153 Å². The van der Waals surface area contributed by atoms with Gasteiger partial charge in [0.15, 0.2) is 5.11 Å². The SMILES string of the molecule is O=C(/C=C/c1ccccc1)NC(=S)N1CCN(c2ccccc2)CC1. The van der Waals surface area contributed by atoms with Crippen LogP contribution >= 0.6 is 12.2 Å². The van der Waals surface area contributed by atoms with E-state index in [-0.39, 0.29) is 5.91 Å². The van der Waals surface area contributed by atoms with Crippen molar-refractivity contribution in [2.75, 3.05) is 31.1 Å². The molecule has 2 aromatic carbocycles. The van der Waals surface area contributed by atoms with Gasteiger partial charge in [-0.1, -0.05) is 48.5 Å². The lowest BCUT2D eigenvalue weighted by Gasteiger charge is -2.37. The number of anilines is 1. The summed E-state index contributed by atoms with van der Waals surface area (Å²) < 4.78 is 0. The van der Waals surface area contributed by atoms with Gasteiger partial charge in [0.25, 0.3) is 0 Å². The van der Waals surface area contributed by atoms with Gasteiger partial charge in [-0.15, -0.1) is 0 Å². The van der Waals surface area contributed by atoms with Crippen LogP contribution in [0.2, 0.25) is 0 Å². The third-order valence-electron chi connectivity index (χ3n) is 4.15. The van der Waals surface area contributed by atoms with Crippen LogP contribution in [0.5, 0.6) is 0 Å². The molecule has 25 heavy (non-hydrogen) atoms. The number of para-hydroxylation sites is 1. The van der Waals surface area contributed by atoms with Crippen molar-refractivity contribution in [3.05, 3.63) is 72.3 Å². The number of benzene rings is 2. The van der Waals surface area contributed by atoms with E-state index in [0.717, 1.165) is 31.7 Å². The summed E-state index contributed by atoms with van der Waals surface area (Å²) in [5, 5.41) is 3.28. The molecule has 128 valence electrons. The summed E-state index contributed by atoms with van der Waals surface area (Å²) in [6, 6.07) is 20.1. The Bertz CT molecular complexity index is 738. The zero-order valence-electron chi connectivity index (χ0n) is 14.0. The standard InChI is InChI=1S/C20H21N3OS/c24-19(12-11-17-7-3-1-4-8-17)21-20(25)23-15-13-22(14-16-23)18-9-5-2-6-10-18/h1-12H,13-16H2,(H,21,24,25)/b12-11+. The summed E-state index contributed by atoms with van der Waals surface area (Å²) in [4.78, 5) is 16.4. The molecule has 1 heterocycles. The van der Waals surface area contributed by atoms with Crippen molar-refractivity contribution in [2.45, 2.75) is 0 Å². The molecular weight excluding hydrogens is 330 g/mol. The topological polar surface area (TPSA) is 35.6 Å². The highest BCUT2D eigenvalue weighted by Crippen LogP contribution is 2.15. The van der Waals surface area contributed by atoms with Crippen molar-refractivity contribution < 1.29 is 4.79 Å². The van der Waals surface area contributed by atoms with Gasteiger partial charge >= 0.3 is 0 Å². The summed E-state index contributed by atoms with van der Waals surface area (Å²) in [6.45, 7) is 3.38. The van der Waals surface area contributed by atoms with Crippen molar-refractivity contribution >= 4 is 35.0 Å². The molecule has 2 aromatic rings. The van der Waals surface area contributed by atoms with Crippen LogP contribution in [0, 0.1) is 0 Å². The Balaban J connectivity index is 1.48. The summed E-state index contributed by atoms with van der Waals surface area (Å²) in [6.07, 6.45) is 3.30. The molecule has 0 spiro atoms. The second-order valence-electron chi connectivity index (χ2n) is 5.85. The summed E-state index contributed by atoms with van der Waals surface area (Å²) in [5.41, 5.74) is 2.21. The molecule has 0 bridgehead atoms. The average Bonchev–Trinajstić information content (AvgIpc) is 2.68. The molecule has 0 radical (unpaired) electrons. The van der Waals surface area contributed by atoms with E-state index in [1.807, 2.05) is 53.4 Å². The average molecular weight is 351 g/mol. The molecule has 0 saturated carbocycles. The van der Waals surface area contributed by atoms with Gasteiger partial charge in [0.1, 0.15) is 0 Å². The number of nitrogens with zero attached hydrogens (tertiary/aromatic N) is 2. The van der Waals surface area contributed by atoms with Crippen LogP contribution < -0.4 is 10.2 Å². The minimum Gasteiger partial charge on any atom is -0.368 e. The van der Waals surface area contributed by atoms with Gasteiger partial charge in [-0.3, -0.25) is 10.1 Å². The lowest BCUT2D eigenvalue weighted by molar-refractivity contribution is -0.115. The molecule has 3 rings (SSSR count). The maximum Gasteiger partial charge on any atom is 0.250 e. The number of piperazine rings is 1. The first-order valence-corrected chi connectivity index (χ1v) is 8.76. The number of hydrogen-bond donors (Lipinski definition) is 1. The highest BCUT2D eigenvalue weighted by Gasteiger charge is 2.19. The maximum absolute atomic E-state index is 12.0. The molecule has 0 aliphatic carbocycles. The third-order valence-corrected chi connectivity index (χ3v) is 4.51. The van der Waals surface area contributed by atoms with Gasteiger partial charge in [0.05, 0.1) is 0 Å². The second kappa shape index (κ2) is 8.44. The van der Waals surface area contributed by atoms with Gasteiger partial charge in [-0.2, -0.15) is 0 Å². The Morgan fingerprint density at radius 1 is 0.920 bits per heavy atom. The molecule has 1 saturated heterocycles. The van der Waals surface area contributed by atoms with E-state index in [1.54, 1.807) is 6.08 Å². The summed E-state index contributed by atoms with van der Waals surface area (Å²) in [5.74, 6) is -0.195. The minimum atomic E-state index is -0.195. The van der Waals surface area contributed by atoms with E-state index < -0.39 is 0 Å². The highest BCUT2D eigenvalue weighted by atomic mass is 32.1. The van der Waals surface area contributed by atoms with Crippen LogP contribution in [0.4, 0.5) is 5.69 Å².